The normalized spacial score (nSPS) is 30.1. The minimum absolute atomic E-state index is 0.104. The van der Waals surface area contributed by atoms with E-state index >= 15 is 0 Å². The van der Waals surface area contributed by atoms with Crippen molar-refractivity contribution in [3.63, 3.8) is 0 Å². The van der Waals surface area contributed by atoms with Gasteiger partial charge in [-0.25, -0.2) is 0 Å². The minimum atomic E-state index is -0.431. The van der Waals surface area contributed by atoms with Crippen LogP contribution in [0, 0.1) is 16.7 Å². The largest absolute Gasteiger partial charge is 0.395 e. The number of hydrogen-bond acceptors (Lipinski definition) is 4. The lowest BCUT2D eigenvalue weighted by Crippen LogP contribution is -2.38. The van der Waals surface area contributed by atoms with E-state index in [0.29, 0.717) is 37.6 Å². The van der Waals surface area contributed by atoms with Gasteiger partial charge in [0.15, 0.2) is 0 Å². The molecule has 0 saturated heterocycles. The zero-order valence-corrected chi connectivity index (χ0v) is 17.2. The molecule has 0 radical (unpaired) electrons. The Labute approximate surface area is 164 Å². The second-order valence-electron chi connectivity index (χ2n) is 9.36. The Balaban J connectivity index is 1.44. The van der Waals surface area contributed by atoms with Crippen molar-refractivity contribution in [3.05, 3.63) is 35.9 Å². The second kappa shape index (κ2) is 8.60. The van der Waals surface area contributed by atoms with E-state index in [9.17, 15) is 10.2 Å². The van der Waals surface area contributed by atoms with Gasteiger partial charge in [-0.15, -0.1) is 0 Å². The van der Waals surface area contributed by atoms with Gasteiger partial charge < -0.3 is 14.9 Å². The van der Waals surface area contributed by atoms with Crippen LogP contribution in [0.3, 0.4) is 0 Å². The summed E-state index contributed by atoms with van der Waals surface area (Å²) in [5, 5.41) is 19.8. The van der Waals surface area contributed by atoms with Crippen molar-refractivity contribution in [1.29, 1.82) is 0 Å². The Morgan fingerprint density at radius 2 is 1.96 bits per heavy atom. The fourth-order valence-electron chi connectivity index (χ4n) is 5.34. The first-order valence-electron chi connectivity index (χ1n) is 10.5. The predicted molar refractivity (Wildman–Crippen MR) is 108 cm³/mol. The molecular formula is C23H37NO3. The average Bonchev–Trinajstić information content (AvgIpc) is 2.96. The molecule has 0 heterocycles. The fraction of sp³-hybridized carbons (Fsp3) is 0.739. The summed E-state index contributed by atoms with van der Waals surface area (Å²) in [6.07, 6.45) is 4.32. The molecule has 152 valence electrons. The van der Waals surface area contributed by atoms with Crippen LogP contribution in [0.25, 0.3) is 0 Å². The molecule has 1 aromatic rings. The van der Waals surface area contributed by atoms with Crippen molar-refractivity contribution in [2.24, 2.45) is 16.7 Å². The number of aliphatic hydroxyl groups is 2. The van der Waals surface area contributed by atoms with Gasteiger partial charge in [-0.05, 0) is 48.0 Å². The van der Waals surface area contributed by atoms with Crippen molar-refractivity contribution in [3.8, 4) is 0 Å². The first-order chi connectivity index (χ1) is 12.9. The van der Waals surface area contributed by atoms with E-state index < -0.39 is 6.10 Å². The van der Waals surface area contributed by atoms with Gasteiger partial charge in [0, 0.05) is 26.2 Å². The van der Waals surface area contributed by atoms with Crippen molar-refractivity contribution in [2.45, 2.75) is 65.2 Å². The topological polar surface area (TPSA) is 52.9 Å². The number of rotatable bonds is 10. The van der Waals surface area contributed by atoms with Crippen LogP contribution >= 0.6 is 0 Å². The number of nitrogens with zero attached hydrogens (tertiary/aromatic N) is 1. The van der Waals surface area contributed by atoms with Crippen LogP contribution in [0.4, 0.5) is 0 Å². The predicted octanol–water partition coefficient (Wildman–Crippen LogP) is 3.46. The third kappa shape index (κ3) is 4.40. The summed E-state index contributed by atoms with van der Waals surface area (Å²) >= 11 is 0. The highest BCUT2D eigenvalue weighted by Gasteiger charge is 2.61. The number of benzene rings is 1. The summed E-state index contributed by atoms with van der Waals surface area (Å²) in [6.45, 7) is 9.80. The molecule has 27 heavy (non-hydrogen) atoms. The summed E-state index contributed by atoms with van der Waals surface area (Å²) in [4.78, 5) is 2.11. The van der Waals surface area contributed by atoms with Gasteiger partial charge in [0.25, 0.3) is 0 Å². The Bertz CT molecular complexity index is 591. The lowest BCUT2D eigenvalue weighted by molar-refractivity contribution is -0.0566. The van der Waals surface area contributed by atoms with Crippen molar-refractivity contribution in [2.75, 3.05) is 26.3 Å². The van der Waals surface area contributed by atoms with Gasteiger partial charge in [0.1, 0.15) is 0 Å². The first kappa shape index (κ1) is 20.8. The molecule has 0 amide bonds. The molecule has 2 fully saturated rings. The summed E-state index contributed by atoms with van der Waals surface area (Å²) in [5.74, 6) is 0.781. The Kier molecular flexibility index (Phi) is 6.62. The SMILES string of the molecule is CC1(C)[C@H]2CC[C@@]1(C)[C@H](OCC[C@H](O)CN(CCO)Cc1ccccc1)C2. The number of hydrogen-bond donors (Lipinski definition) is 2. The van der Waals surface area contributed by atoms with Crippen LogP contribution < -0.4 is 0 Å². The van der Waals surface area contributed by atoms with Crippen LogP contribution in [-0.2, 0) is 11.3 Å². The zero-order valence-electron chi connectivity index (χ0n) is 17.2. The van der Waals surface area contributed by atoms with E-state index in [1.165, 1.54) is 24.8 Å². The highest BCUT2D eigenvalue weighted by molar-refractivity contribution is 5.14. The van der Waals surface area contributed by atoms with Gasteiger partial charge >= 0.3 is 0 Å². The van der Waals surface area contributed by atoms with E-state index in [2.05, 4.69) is 37.8 Å². The molecule has 2 aliphatic rings. The highest BCUT2D eigenvalue weighted by Crippen LogP contribution is 2.66. The molecule has 2 saturated carbocycles. The molecule has 1 aromatic carbocycles. The smallest absolute Gasteiger partial charge is 0.0689 e. The lowest BCUT2D eigenvalue weighted by atomic mass is 9.70. The van der Waals surface area contributed by atoms with Crippen molar-refractivity contribution < 1.29 is 14.9 Å². The average molecular weight is 376 g/mol. The Hall–Kier alpha value is -0.940. The van der Waals surface area contributed by atoms with Gasteiger partial charge in [0.05, 0.1) is 18.8 Å². The molecule has 4 nitrogen and oxygen atoms in total. The maximum absolute atomic E-state index is 10.5. The van der Waals surface area contributed by atoms with Crippen molar-refractivity contribution in [1.82, 2.24) is 4.90 Å². The van der Waals surface area contributed by atoms with Crippen LogP contribution in [0.2, 0.25) is 0 Å². The molecular weight excluding hydrogens is 338 g/mol. The highest BCUT2D eigenvalue weighted by atomic mass is 16.5. The zero-order chi connectivity index (χ0) is 19.5. The van der Waals surface area contributed by atoms with E-state index in [1.54, 1.807) is 0 Å². The molecule has 4 atom stereocenters. The molecule has 2 N–H and O–H groups in total. The molecule has 2 bridgehead atoms. The van der Waals surface area contributed by atoms with E-state index in [4.69, 9.17) is 4.74 Å². The molecule has 0 unspecified atom stereocenters. The fourth-order valence-corrected chi connectivity index (χ4v) is 5.34. The van der Waals surface area contributed by atoms with E-state index in [0.717, 1.165) is 12.5 Å². The number of fused-ring (bicyclic) bond motifs is 2. The van der Waals surface area contributed by atoms with Crippen LogP contribution in [0.1, 0.15) is 52.0 Å². The molecule has 0 spiro atoms. The molecule has 0 aliphatic heterocycles. The molecule has 3 rings (SSSR count). The maximum Gasteiger partial charge on any atom is 0.0689 e. The van der Waals surface area contributed by atoms with Crippen LogP contribution in [0.5, 0.6) is 0 Å². The third-order valence-electron chi connectivity index (χ3n) is 7.62. The van der Waals surface area contributed by atoms with Gasteiger partial charge in [-0.2, -0.15) is 0 Å². The second-order valence-corrected chi connectivity index (χ2v) is 9.36. The summed E-state index contributed by atoms with van der Waals surface area (Å²) in [6, 6.07) is 10.2. The van der Waals surface area contributed by atoms with E-state index in [1.807, 2.05) is 18.2 Å². The summed E-state index contributed by atoms with van der Waals surface area (Å²) < 4.78 is 6.28. The standard InChI is InChI=1S/C23H37NO3/c1-22(2)19-9-11-23(22,3)21(15-19)27-14-10-20(26)17-24(12-13-25)16-18-7-5-4-6-8-18/h4-8,19-21,25-26H,9-17H2,1-3H3/t19-,20-,21+,23-/m0/s1. The maximum atomic E-state index is 10.5. The Morgan fingerprint density at radius 3 is 2.56 bits per heavy atom. The minimum Gasteiger partial charge on any atom is -0.395 e. The summed E-state index contributed by atoms with van der Waals surface area (Å²) in [7, 11) is 0. The third-order valence-corrected chi connectivity index (χ3v) is 7.62. The quantitative estimate of drug-likeness (QED) is 0.658. The molecule has 4 heteroatoms. The number of ether oxygens (including phenoxy) is 1. The Morgan fingerprint density at radius 1 is 1.22 bits per heavy atom. The van der Waals surface area contributed by atoms with Gasteiger partial charge in [0.2, 0.25) is 0 Å². The first-order valence-corrected chi connectivity index (χ1v) is 10.5. The summed E-state index contributed by atoms with van der Waals surface area (Å²) in [5.41, 5.74) is 1.84. The lowest BCUT2D eigenvalue weighted by Gasteiger charge is -2.39. The molecule has 0 aromatic heterocycles. The van der Waals surface area contributed by atoms with Gasteiger partial charge in [-0.1, -0.05) is 51.1 Å². The van der Waals surface area contributed by atoms with Crippen molar-refractivity contribution >= 4 is 0 Å². The monoisotopic (exact) mass is 375 g/mol. The van der Waals surface area contributed by atoms with E-state index in [-0.39, 0.29) is 12.0 Å². The van der Waals surface area contributed by atoms with Crippen LogP contribution in [0.15, 0.2) is 30.3 Å². The van der Waals surface area contributed by atoms with Gasteiger partial charge in [-0.3, -0.25) is 4.90 Å². The number of aliphatic hydroxyl groups excluding tert-OH is 2. The molecule has 2 aliphatic carbocycles. The van der Waals surface area contributed by atoms with Crippen LogP contribution in [-0.4, -0.2) is 53.6 Å².